The lowest BCUT2D eigenvalue weighted by molar-refractivity contribution is -0.0961. The van der Waals surface area contributed by atoms with Crippen LogP contribution in [0.5, 0.6) is 0 Å². The minimum Gasteiger partial charge on any atom is -0.460 e. The number of aromatic nitrogens is 1. The Morgan fingerprint density at radius 3 is 2.42 bits per heavy atom. The number of hydrogen-bond donors (Lipinski definition) is 0. The lowest BCUT2D eigenvalue weighted by atomic mass is 9.99. The Bertz CT molecular complexity index is 556. The summed E-state index contributed by atoms with van der Waals surface area (Å²) in [4.78, 5) is 18.5. The van der Waals surface area contributed by atoms with Crippen molar-refractivity contribution in [1.82, 2.24) is 9.88 Å². The van der Waals surface area contributed by atoms with Crippen molar-refractivity contribution in [3.8, 4) is 0 Å². The summed E-state index contributed by atoms with van der Waals surface area (Å²) in [6.45, 7) is 9.83. The molecule has 2 atom stereocenters. The van der Waals surface area contributed by atoms with E-state index in [0.29, 0.717) is 30.6 Å². The van der Waals surface area contributed by atoms with Crippen LogP contribution >= 0.6 is 0 Å². The Morgan fingerprint density at radius 2 is 1.92 bits per heavy atom. The van der Waals surface area contributed by atoms with Crippen LogP contribution < -0.4 is 0 Å². The van der Waals surface area contributed by atoms with Gasteiger partial charge in [0.05, 0.1) is 18.8 Å². The lowest BCUT2D eigenvalue weighted by Gasteiger charge is -2.36. The first-order chi connectivity index (χ1) is 11.4. The second-order valence-electron chi connectivity index (χ2n) is 7.34. The maximum Gasteiger partial charge on any atom is 0.339 e. The molecule has 0 saturated carbocycles. The molecule has 0 aromatic carbocycles. The molecule has 3 heterocycles. The number of hydrogen-bond acceptors (Lipinski definition) is 6. The average Bonchev–Trinajstić information content (AvgIpc) is 3.10. The second kappa shape index (κ2) is 6.78. The zero-order valence-corrected chi connectivity index (χ0v) is 14.8. The van der Waals surface area contributed by atoms with Gasteiger partial charge in [0, 0.05) is 12.4 Å². The summed E-state index contributed by atoms with van der Waals surface area (Å²) < 4.78 is 17.7. The highest BCUT2D eigenvalue weighted by molar-refractivity contribution is 5.88. The topological polar surface area (TPSA) is 60.9 Å². The number of fused-ring (bicyclic) bond motifs is 1. The third-order valence-electron chi connectivity index (χ3n) is 4.65. The van der Waals surface area contributed by atoms with Crippen LogP contribution in [-0.2, 0) is 14.2 Å². The zero-order chi connectivity index (χ0) is 17.3. The summed E-state index contributed by atoms with van der Waals surface area (Å²) in [5, 5.41) is 0. The van der Waals surface area contributed by atoms with Gasteiger partial charge in [-0.15, -0.1) is 0 Å². The molecule has 0 spiro atoms. The smallest absolute Gasteiger partial charge is 0.339 e. The van der Waals surface area contributed by atoms with Crippen LogP contribution in [0.1, 0.15) is 38.1 Å². The van der Waals surface area contributed by atoms with Crippen molar-refractivity contribution in [2.75, 3.05) is 19.8 Å². The minimum absolute atomic E-state index is 0.0167. The molecule has 0 N–H and O–H groups in total. The Balaban J connectivity index is 1.74. The molecule has 0 unspecified atom stereocenters. The Labute approximate surface area is 143 Å². The van der Waals surface area contributed by atoms with Gasteiger partial charge >= 0.3 is 5.97 Å². The van der Waals surface area contributed by atoms with Crippen LogP contribution in [0.4, 0.5) is 0 Å². The fourth-order valence-corrected chi connectivity index (χ4v) is 3.47. The van der Waals surface area contributed by atoms with Gasteiger partial charge in [-0.05, 0) is 24.0 Å². The summed E-state index contributed by atoms with van der Waals surface area (Å²) >= 11 is 0. The monoisotopic (exact) mass is 334 g/mol. The summed E-state index contributed by atoms with van der Waals surface area (Å²) in [7, 11) is 0. The van der Waals surface area contributed by atoms with E-state index in [2.05, 4.69) is 37.6 Å². The minimum atomic E-state index is -0.401. The molecule has 0 amide bonds. The van der Waals surface area contributed by atoms with E-state index in [0.717, 1.165) is 0 Å². The van der Waals surface area contributed by atoms with Crippen molar-refractivity contribution in [2.45, 2.75) is 45.7 Å². The molecule has 1 aromatic rings. The highest BCUT2D eigenvalue weighted by atomic mass is 16.6. The largest absolute Gasteiger partial charge is 0.460 e. The molecular formula is C18H26N2O4. The molecule has 0 bridgehead atoms. The summed E-state index contributed by atoms with van der Waals surface area (Å²) in [5.74, 6) is 0.311. The SMILES string of the molecule is CC(C)[C@@H]1OCC2(COC(=O)c3cccnc3)CO[C@@H](C(C)C)N12. The molecule has 2 aliphatic heterocycles. The maximum atomic E-state index is 12.3. The predicted octanol–water partition coefficient (Wildman–Crippen LogP) is 2.30. The number of ether oxygens (including phenoxy) is 3. The van der Waals surface area contributed by atoms with Crippen LogP contribution in [0.2, 0.25) is 0 Å². The van der Waals surface area contributed by atoms with Gasteiger partial charge in [0.15, 0.2) is 0 Å². The van der Waals surface area contributed by atoms with E-state index >= 15 is 0 Å². The van der Waals surface area contributed by atoms with E-state index in [1.54, 1.807) is 18.3 Å². The first kappa shape index (κ1) is 17.3. The van der Waals surface area contributed by atoms with Crippen molar-refractivity contribution < 1.29 is 19.0 Å². The van der Waals surface area contributed by atoms with Gasteiger partial charge in [-0.25, -0.2) is 9.69 Å². The first-order valence-corrected chi connectivity index (χ1v) is 8.53. The number of nitrogens with zero attached hydrogens (tertiary/aromatic N) is 2. The van der Waals surface area contributed by atoms with Gasteiger partial charge < -0.3 is 14.2 Å². The summed E-state index contributed by atoms with van der Waals surface area (Å²) in [6.07, 6.45) is 3.11. The predicted molar refractivity (Wildman–Crippen MR) is 88.2 cm³/mol. The lowest BCUT2D eigenvalue weighted by Crippen LogP contribution is -2.54. The van der Waals surface area contributed by atoms with Gasteiger partial charge in [-0.1, -0.05) is 27.7 Å². The molecule has 6 nitrogen and oxygen atoms in total. The van der Waals surface area contributed by atoms with Crippen molar-refractivity contribution in [3.05, 3.63) is 30.1 Å². The van der Waals surface area contributed by atoms with Crippen LogP contribution in [0, 0.1) is 11.8 Å². The molecule has 2 fully saturated rings. The van der Waals surface area contributed by atoms with Gasteiger partial charge in [-0.3, -0.25) is 4.98 Å². The molecular weight excluding hydrogens is 308 g/mol. The van der Waals surface area contributed by atoms with Gasteiger partial charge in [-0.2, -0.15) is 0 Å². The van der Waals surface area contributed by atoms with E-state index in [1.807, 2.05) is 0 Å². The molecule has 0 aliphatic carbocycles. The van der Waals surface area contributed by atoms with Gasteiger partial charge in [0.25, 0.3) is 0 Å². The fourth-order valence-electron chi connectivity index (χ4n) is 3.47. The number of carbonyl (C=O) groups excluding carboxylic acids is 1. The molecule has 132 valence electrons. The Kier molecular flexibility index (Phi) is 4.90. The first-order valence-electron chi connectivity index (χ1n) is 8.53. The second-order valence-corrected chi connectivity index (χ2v) is 7.34. The molecule has 6 heteroatoms. The quantitative estimate of drug-likeness (QED) is 0.770. The summed E-state index contributed by atoms with van der Waals surface area (Å²) in [5.41, 5.74) is 0.0565. The number of pyridine rings is 1. The van der Waals surface area contributed by atoms with Crippen LogP contribution in [-0.4, -0.2) is 53.7 Å². The third-order valence-corrected chi connectivity index (χ3v) is 4.65. The van der Waals surface area contributed by atoms with Crippen molar-refractivity contribution >= 4 is 5.97 Å². The van der Waals surface area contributed by atoms with Crippen molar-refractivity contribution in [1.29, 1.82) is 0 Å². The zero-order valence-electron chi connectivity index (χ0n) is 14.8. The average molecular weight is 334 g/mol. The van der Waals surface area contributed by atoms with E-state index in [1.165, 1.54) is 6.20 Å². The molecule has 2 aliphatic rings. The Hall–Kier alpha value is -1.50. The van der Waals surface area contributed by atoms with Gasteiger partial charge in [0.1, 0.15) is 24.6 Å². The maximum absolute atomic E-state index is 12.3. The van der Waals surface area contributed by atoms with Crippen molar-refractivity contribution in [3.63, 3.8) is 0 Å². The molecule has 24 heavy (non-hydrogen) atoms. The standard InChI is InChI=1S/C18H26N2O4/c1-12(2)15-20-16(13(3)4)23-10-18(20,9-22-15)11-24-17(21)14-6-5-7-19-8-14/h5-8,12-13,15-16H,9-11H2,1-4H3/t15-,16-/m0/s1. The highest BCUT2D eigenvalue weighted by Gasteiger charge is 2.57. The number of carbonyl (C=O) groups is 1. The van der Waals surface area contributed by atoms with E-state index in [-0.39, 0.29) is 25.0 Å². The molecule has 0 radical (unpaired) electrons. The molecule has 2 saturated heterocycles. The van der Waals surface area contributed by atoms with E-state index < -0.39 is 5.54 Å². The fraction of sp³-hybridized carbons (Fsp3) is 0.667. The molecule has 1 aromatic heterocycles. The van der Waals surface area contributed by atoms with Crippen LogP contribution in [0.25, 0.3) is 0 Å². The highest BCUT2D eigenvalue weighted by Crippen LogP contribution is 2.41. The van der Waals surface area contributed by atoms with Crippen molar-refractivity contribution in [2.24, 2.45) is 11.8 Å². The van der Waals surface area contributed by atoms with E-state index in [9.17, 15) is 4.79 Å². The number of rotatable bonds is 5. The third kappa shape index (κ3) is 3.06. The van der Waals surface area contributed by atoms with Crippen LogP contribution in [0.3, 0.4) is 0 Å². The molecule has 3 rings (SSSR count). The van der Waals surface area contributed by atoms with E-state index in [4.69, 9.17) is 14.2 Å². The van der Waals surface area contributed by atoms with Gasteiger partial charge in [0.2, 0.25) is 0 Å². The Morgan fingerprint density at radius 1 is 1.29 bits per heavy atom. The normalized spacial score (nSPS) is 26.1. The summed E-state index contributed by atoms with van der Waals surface area (Å²) in [6, 6.07) is 3.43. The van der Waals surface area contributed by atoms with Crippen LogP contribution in [0.15, 0.2) is 24.5 Å². The number of esters is 1.